The molecule has 38 heavy (non-hydrogen) atoms. The molecule has 6 rings (SSSR count). The molecule has 0 spiro atoms. The van der Waals surface area contributed by atoms with Crippen molar-refractivity contribution in [1.29, 1.82) is 0 Å². The van der Waals surface area contributed by atoms with E-state index in [0.29, 0.717) is 49.0 Å². The number of ether oxygens (including phenoxy) is 1. The number of piperidine rings is 1. The van der Waals surface area contributed by atoms with Crippen LogP contribution in [-0.2, 0) is 4.74 Å². The summed E-state index contributed by atoms with van der Waals surface area (Å²) in [6, 6.07) is 19.0. The molecular formula is C29H30N6O3. The highest BCUT2D eigenvalue weighted by Crippen LogP contribution is 2.26. The Bertz CT molecular complexity index is 1440. The van der Waals surface area contributed by atoms with Gasteiger partial charge in [0, 0.05) is 54.8 Å². The molecule has 9 heteroatoms. The topological polar surface area (TPSA) is 92.1 Å². The van der Waals surface area contributed by atoms with Crippen LogP contribution in [0.15, 0.2) is 66.9 Å². The second kappa shape index (κ2) is 10.6. The molecule has 2 aromatic heterocycles. The Balaban J connectivity index is 1.18. The molecule has 2 amide bonds. The first-order valence-corrected chi connectivity index (χ1v) is 13.1. The highest BCUT2D eigenvalue weighted by molar-refractivity contribution is 5.95. The number of carbonyl (C=O) groups excluding carboxylic acids is 2. The van der Waals surface area contributed by atoms with E-state index in [4.69, 9.17) is 9.72 Å². The Morgan fingerprint density at radius 1 is 0.763 bits per heavy atom. The highest BCUT2D eigenvalue weighted by Gasteiger charge is 2.20. The minimum Gasteiger partial charge on any atom is -0.378 e. The number of benzene rings is 2. The van der Waals surface area contributed by atoms with Gasteiger partial charge < -0.3 is 19.9 Å². The van der Waals surface area contributed by atoms with Crippen LogP contribution in [0.2, 0.25) is 0 Å². The lowest BCUT2D eigenvalue weighted by molar-refractivity contribution is 0.0303. The van der Waals surface area contributed by atoms with Crippen molar-refractivity contribution in [3.63, 3.8) is 0 Å². The van der Waals surface area contributed by atoms with E-state index in [2.05, 4.69) is 10.4 Å². The molecule has 0 bridgehead atoms. The van der Waals surface area contributed by atoms with E-state index in [9.17, 15) is 9.59 Å². The predicted molar refractivity (Wildman–Crippen MR) is 145 cm³/mol. The maximum atomic E-state index is 12.8. The molecule has 0 radical (unpaired) electrons. The fourth-order valence-corrected chi connectivity index (χ4v) is 5.03. The van der Waals surface area contributed by atoms with E-state index in [1.54, 1.807) is 4.52 Å². The van der Waals surface area contributed by atoms with E-state index in [0.717, 1.165) is 42.7 Å². The second-order valence-corrected chi connectivity index (χ2v) is 9.66. The molecule has 0 atom stereocenters. The predicted octanol–water partition coefficient (Wildman–Crippen LogP) is 4.24. The average Bonchev–Trinajstić information content (AvgIpc) is 3.40. The molecule has 4 aromatic rings. The number of carbonyl (C=O) groups is 2. The summed E-state index contributed by atoms with van der Waals surface area (Å²) in [4.78, 5) is 34.0. The molecule has 0 unspecified atom stereocenters. The van der Waals surface area contributed by atoms with E-state index in [-0.39, 0.29) is 11.8 Å². The fraction of sp³-hybridized carbons (Fsp3) is 0.310. The number of amides is 2. The van der Waals surface area contributed by atoms with E-state index >= 15 is 0 Å². The maximum Gasteiger partial charge on any atom is 0.254 e. The third-order valence-electron chi connectivity index (χ3n) is 7.13. The standard InChI is InChI=1S/C29H30N6O3/c36-27(33-14-2-1-3-15-33)22-8-6-21(7-9-22)25-5-4-16-35-26(25)31-29(32-35)30-24-12-10-23(11-13-24)28(37)34-17-19-38-20-18-34/h4-13,16H,1-3,14-15,17-20H2,(H,30,32). The fourth-order valence-electron chi connectivity index (χ4n) is 5.03. The molecule has 194 valence electrons. The normalized spacial score (nSPS) is 16.0. The lowest BCUT2D eigenvalue weighted by Crippen LogP contribution is -2.40. The summed E-state index contributed by atoms with van der Waals surface area (Å²) >= 11 is 0. The van der Waals surface area contributed by atoms with Crippen molar-refractivity contribution < 1.29 is 14.3 Å². The molecule has 2 saturated heterocycles. The second-order valence-electron chi connectivity index (χ2n) is 9.66. The molecule has 0 saturated carbocycles. The highest BCUT2D eigenvalue weighted by atomic mass is 16.5. The lowest BCUT2D eigenvalue weighted by Gasteiger charge is -2.26. The third-order valence-corrected chi connectivity index (χ3v) is 7.13. The number of morpholine rings is 1. The Morgan fingerprint density at radius 2 is 1.39 bits per heavy atom. The zero-order valence-electron chi connectivity index (χ0n) is 21.2. The number of rotatable bonds is 5. The van der Waals surface area contributed by atoms with Crippen LogP contribution in [0, 0.1) is 0 Å². The molecule has 1 N–H and O–H groups in total. The molecule has 2 fully saturated rings. The van der Waals surface area contributed by atoms with Crippen molar-refractivity contribution in [2.24, 2.45) is 0 Å². The van der Waals surface area contributed by atoms with E-state index in [1.807, 2.05) is 76.7 Å². The maximum absolute atomic E-state index is 12.8. The van der Waals surface area contributed by atoms with Gasteiger partial charge in [-0.1, -0.05) is 12.1 Å². The largest absolute Gasteiger partial charge is 0.378 e. The number of nitrogens with zero attached hydrogens (tertiary/aromatic N) is 5. The van der Waals surface area contributed by atoms with Gasteiger partial charge in [-0.15, -0.1) is 5.10 Å². The summed E-state index contributed by atoms with van der Waals surface area (Å²) in [6.45, 7) is 4.06. The third kappa shape index (κ3) is 4.97. The van der Waals surface area contributed by atoms with Crippen LogP contribution in [0.4, 0.5) is 11.6 Å². The van der Waals surface area contributed by atoms with Crippen molar-refractivity contribution >= 4 is 29.1 Å². The van der Waals surface area contributed by atoms with E-state index < -0.39 is 0 Å². The Kier molecular flexibility index (Phi) is 6.75. The van der Waals surface area contributed by atoms with Gasteiger partial charge in [0.15, 0.2) is 5.65 Å². The SMILES string of the molecule is O=C(c1ccc(-c2cccn3nc(Nc4ccc(C(=O)N5CCOCC5)cc4)nc23)cc1)N1CCCCC1. The number of fused-ring (bicyclic) bond motifs is 1. The number of aromatic nitrogens is 3. The number of pyridine rings is 1. The van der Waals surface area contributed by atoms with Crippen LogP contribution in [0.1, 0.15) is 40.0 Å². The monoisotopic (exact) mass is 510 g/mol. The summed E-state index contributed by atoms with van der Waals surface area (Å²) in [5, 5.41) is 7.82. The van der Waals surface area contributed by atoms with Crippen LogP contribution in [0.5, 0.6) is 0 Å². The van der Waals surface area contributed by atoms with Gasteiger partial charge in [0.25, 0.3) is 11.8 Å². The molecule has 2 aliphatic rings. The van der Waals surface area contributed by atoms with Gasteiger partial charge in [-0.05, 0) is 73.4 Å². The minimum atomic E-state index is 0.0130. The summed E-state index contributed by atoms with van der Waals surface area (Å²) < 4.78 is 7.07. The summed E-state index contributed by atoms with van der Waals surface area (Å²) in [5.41, 5.74) is 4.75. The number of likely N-dealkylation sites (tertiary alicyclic amines) is 1. The zero-order valence-corrected chi connectivity index (χ0v) is 21.2. The van der Waals surface area contributed by atoms with Gasteiger partial charge in [0.05, 0.1) is 13.2 Å². The number of hydrogen-bond acceptors (Lipinski definition) is 6. The van der Waals surface area contributed by atoms with E-state index in [1.165, 1.54) is 6.42 Å². The molecule has 2 aliphatic heterocycles. The van der Waals surface area contributed by atoms with Crippen LogP contribution in [0.25, 0.3) is 16.8 Å². The zero-order chi connectivity index (χ0) is 25.9. The van der Waals surface area contributed by atoms with Gasteiger partial charge >= 0.3 is 0 Å². The quantitative estimate of drug-likeness (QED) is 0.432. The van der Waals surface area contributed by atoms with Crippen molar-refractivity contribution in [3.05, 3.63) is 78.0 Å². The van der Waals surface area contributed by atoms with Crippen molar-refractivity contribution in [2.75, 3.05) is 44.7 Å². The first-order chi connectivity index (χ1) is 18.7. The summed E-state index contributed by atoms with van der Waals surface area (Å²) in [7, 11) is 0. The number of nitrogens with one attached hydrogen (secondary N) is 1. The molecular weight excluding hydrogens is 480 g/mol. The number of hydrogen-bond donors (Lipinski definition) is 1. The first-order valence-electron chi connectivity index (χ1n) is 13.1. The van der Waals surface area contributed by atoms with Gasteiger partial charge in [-0.3, -0.25) is 9.59 Å². The first kappa shape index (κ1) is 24.1. The smallest absolute Gasteiger partial charge is 0.254 e. The molecule has 2 aromatic carbocycles. The van der Waals surface area contributed by atoms with Gasteiger partial charge in [0.2, 0.25) is 5.95 Å². The lowest BCUT2D eigenvalue weighted by atomic mass is 10.0. The number of anilines is 2. The van der Waals surface area contributed by atoms with Gasteiger partial charge in [-0.2, -0.15) is 4.98 Å². The molecule has 4 heterocycles. The summed E-state index contributed by atoms with van der Waals surface area (Å²) in [5.74, 6) is 0.571. The average molecular weight is 511 g/mol. The van der Waals surface area contributed by atoms with Crippen molar-refractivity contribution in [2.45, 2.75) is 19.3 Å². The Morgan fingerprint density at radius 3 is 2.08 bits per heavy atom. The van der Waals surface area contributed by atoms with Crippen LogP contribution >= 0.6 is 0 Å². The van der Waals surface area contributed by atoms with Crippen LogP contribution in [-0.4, -0.2) is 75.6 Å². The molecule has 9 nitrogen and oxygen atoms in total. The van der Waals surface area contributed by atoms with Crippen molar-refractivity contribution in [3.8, 4) is 11.1 Å². The van der Waals surface area contributed by atoms with Crippen LogP contribution < -0.4 is 5.32 Å². The molecule has 0 aliphatic carbocycles. The Labute approximate surface area is 221 Å². The summed E-state index contributed by atoms with van der Waals surface area (Å²) in [6.07, 6.45) is 5.20. The van der Waals surface area contributed by atoms with Crippen LogP contribution in [0.3, 0.4) is 0 Å². The van der Waals surface area contributed by atoms with Gasteiger partial charge in [-0.25, -0.2) is 4.52 Å². The van der Waals surface area contributed by atoms with Crippen molar-refractivity contribution in [1.82, 2.24) is 24.4 Å². The van der Waals surface area contributed by atoms with Gasteiger partial charge in [0.1, 0.15) is 0 Å². The minimum absolute atomic E-state index is 0.0130. The Hall–Kier alpha value is -4.24.